The van der Waals surface area contributed by atoms with Crippen molar-refractivity contribution in [3.05, 3.63) is 30.1 Å². The molecular formula is C12H17N3O. The van der Waals surface area contributed by atoms with Gasteiger partial charge in [0, 0.05) is 12.6 Å². The monoisotopic (exact) mass is 219 g/mol. The van der Waals surface area contributed by atoms with Crippen LogP contribution in [-0.2, 0) is 4.79 Å². The van der Waals surface area contributed by atoms with Crippen LogP contribution in [0.3, 0.4) is 0 Å². The summed E-state index contributed by atoms with van der Waals surface area (Å²) in [6.45, 7) is 5.81. The molecule has 0 aliphatic rings. The number of hydrogen-bond acceptors (Lipinski definition) is 3. The molecule has 0 aromatic carbocycles. The second kappa shape index (κ2) is 6.00. The fourth-order valence-electron chi connectivity index (χ4n) is 1.20. The Morgan fingerprint density at radius 2 is 2.25 bits per heavy atom. The van der Waals surface area contributed by atoms with Crippen molar-refractivity contribution < 1.29 is 4.79 Å². The number of hydrazone groups is 1. The Hall–Kier alpha value is -1.71. The molecule has 0 fully saturated rings. The van der Waals surface area contributed by atoms with E-state index in [4.69, 9.17) is 0 Å². The van der Waals surface area contributed by atoms with Gasteiger partial charge in [-0.3, -0.25) is 9.78 Å². The summed E-state index contributed by atoms with van der Waals surface area (Å²) in [6.07, 6.45) is 2.18. The number of hydrogen-bond donors (Lipinski definition) is 1. The third-order valence-electron chi connectivity index (χ3n) is 1.98. The van der Waals surface area contributed by atoms with Crippen molar-refractivity contribution in [3.63, 3.8) is 0 Å². The minimum absolute atomic E-state index is 0.0646. The zero-order valence-electron chi connectivity index (χ0n) is 9.90. The van der Waals surface area contributed by atoms with Crippen molar-refractivity contribution in [3.8, 4) is 0 Å². The van der Waals surface area contributed by atoms with Gasteiger partial charge in [-0.25, -0.2) is 5.43 Å². The van der Waals surface area contributed by atoms with Crippen LogP contribution in [0.15, 0.2) is 29.5 Å². The summed E-state index contributed by atoms with van der Waals surface area (Å²) in [5.41, 5.74) is 4.00. The molecule has 1 aromatic rings. The zero-order valence-corrected chi connectivity index (χ0v) is 9.90. The maximum Gasteiger partial charge on any atom is 0.240 e. The van der Waals surface area contributed by atoms with Gasteiger partial charge >= 0.3 is 0 Å². The molecule has 16 heavy (non-hydrogen) atoms. The van der Waals surface area contributed by atoms with Crippen LogP contribution in [0.5, 0.6) is 0 Å². The van der Waals surface area contributed by atoms with E-state index in [1.54, 1.807) is 6.20 Å². The molecule has 0 saturated heterocycles. The van der Waals surface area contributed by atoms with Crippen LogP contribution in [0, 0.1) is 5.92 Å². The van der Waals surface area contributed by atoms with E-state index in [-0.39, 0.29) is 5.91 Å². The highest BCUT2D eigenvalue weighted by Crippen LogP contribution is 1.99. The molecule has 0 spiro atoms. The van der Waals surface area contributed by atoms with E-state index in [1.807, 2.05) is 39.0 Å². The number of amides is 1. The Kier molecular flexibility index (Phi) is 4.64. The Labute approximate surface area is 95.8 Å². The van der Waals surface area contributed by atoms with Gasteiger partial charge in [-0.05, 0) is 25.0 Å². The van der Waals surface area contributed by atoms with Crippen molar-refractivity contribution in [2.75, 3.05) is 0 Å². The van der Waals surface area contributed by atoms with Crippen LogP contribution in [0.2, 0.25) is 0 Å². The van der Waals surface area contributed by atoms with Crippen LogP contribution in [0.4, 0.5) is 0 Å². The van der Waals surface area contributed by atoms with Gasteiger partial charge in [-0.15, -0.1) is 0 Å². The third-order valence-corrected chi connectivity index (χ3v) is 1.98. The first kappa shape index (κ1) is 12.4. The van der Waals surface area contributed by atoms with Gasteiger partial charge in [0.1, 0.15) is 0 Å². The quantitative estimate of drug-likeness (QED) is 0.621. The SMILES string of the molecule is C/C(=N\NC(=O)CC(C)C)c1ccccn1. The molecule has 1 amide bonds. The molecule has 1 N–H and O–H groups in total. The molecule has 0 unspecified atom stereocenters. The number of rotatable bonds is 4. The van der Waals surface area contributed by atoms with E-state index in [0.29, 0.717) is 18.1 Å². The molecule has 1 aromatic heterocycles. The van der Waals surface area contributed by atoms with Crippen LogP contribution >= 0.6 is 0 Å². The van der Waals surface area contributed by atoms with Crippen molar-refractivity contribution >= 4 is 11.6 Å². The highest BCUT2D eigenvalue weighted by atomic mass is 16.2. The number of nitrogens with zero attached hydrogens (tertiary/aromatic N) is 2. The van der Waals surface area contributed by atoms with Gasteiger partial charge in [-0.2, -0.15) is 5.10 Å². The fraction of sp³-hybridized carbons (Fsp3) is 0.417. The summed E-state index contributed by atoms with van der Waals surface area (Å²) in [5.74, 6) is 0.274. The Balaban J connectivity index is 2.55. The smallest absolute Gasteiger partial charge is 0.240 e. The van der Waals surface area contributed by atoms with Crippen molar-refractivity contribution in [2.24, 2.45) is 11.0 Å². The first-order valence-corrected chi connectivity index (χ1v) is 5.34. The molecule has 0 bridgehead atoms. The van der Waals surface area contributed by atoms with Gasteiger partial charge in [0.15, 0.2) is 0 Å². The minimum atomic E-state index is -0.0646. The predicted molar refractivity (Wildman–Crippen MR) is 64.0 cm³/mol. The summed E-state index contributed by atoms with van der Waals surface area (Å²) in [6, 6.07) is 5.58. The Morgan fingerprint density at radius 3 is 2.81 bits per heavy atom. The molecule has 86 valence electrons. The van der Waals surface area contributed by atoms with E-state index in [9.17, 15) is 4.79 Å². The zero-order chi connectivity index (χ0) is 12.0. The summed E-state index contributed by atoms with van der Waals surface area (Å²) in [7, 11) is 0. The molecule has 4 heteroatoms. The summed E-state index contributed by atoms with van der Waals surface area (Å²) in [4.78, 5) is 15.5. The lowest BCUT2D eigenvalue weighted by atomic mass is 10.1. The van der Waals surface area contributed by atoms with E-state index in [2.05, 4.69) is 15.5 Å². The molecule has 0 radical (unpaired) electrons. The molecule has 1 heterocycles. The van der Waals surface area contributed by atoms with Gasteiger partial charge in [0.05, 0.1) is 11.4 Å². The fourth-order valence-corrected chi connectivity index (χ4v) is 1.20. The van der Waals surface area contributed by atoms with Gasteiger partial charge in [-0.1, -0.05) is 19.9 Å². The summed E-state index contributed by atoms with van der Waals surface area (Å²) in [5, 5.41) is 4.00. The van der Waals surface area contributed by atoms with Crippen molar-refractivity contribution in [1.29, 1.82) is 0 Å². The normalized spacial score (nSPS) is 11.6. The first-order chi connectivity index (χ1) is 7.59. The second-order valence-electron chi connectivity index (χ2n) is 4.05. The number of nitrogens with one attached hydrogen (secondary N) is 1. The Morgan fingerprint density at radius 1 is 1.50 bits per heavy atom. The molecule has 4 nitrogen and oxygen atoms in total. The van der Waals surface area contributed by atoms with Crippen LogP contribution in [0.1, 0.15) is 32.9 Å². The number of carbonyl (C=O) groups excluding carboxylic acids is 1. The number of aromatic nitrogens is 1. The lowest BCUT2D eigenvalue weighted by Crippen LogP contribution is -2.20. The lowest BCUT2D eigenvalue weighted by molar-refractivity contribution is -0.121. The molecular weight excluding hydrogens is 202 g/mol. The van der Waals surface area contributed by atoms with Crippen LogP contribution in [-0.4, -0.2) is 16.6 Å². The maximum absolute atomic E-state index is 11.4. The number of pyridine rings is 1. The standard InChI is InChI=1S/C12H17N3O/c1-9(2)8-12(16)15-14-10(3)11-6-4-5-7-13-11/h4-7,9H,8H2,1-3H3,(H,15,16)/b14-10+. The van der Waals surface area contributed by atoms with Crippen molar-refractivity contribution in [2.45, 2.75) is 27.2 Å². The highest BCUT2D eigenvalue weighted by molar-refractivity contribution is 5.97. The van der Waals surface area contributed by atoms with Crippen LogP contribution < -0.4 is 5.43 Å². The van der Waals surface area contributed by atoms with Gasteiger partial charge in [0.2, 0.25) is 5.91 Å². The first-order valence-electron chi connectivity index (χ1n) is 5.34. The lowest BCUT2D eigenvalue weighted by Gasteiger charge is -2.03. The summed E-state index contributed by atoms with van der Waals surface area (Å²) >= 11 is 0. The van der Waals surface area contributed by atoms with E-state index < -0.39 is 0 Å². The van der Waals surface area contributed by atoms with Gasteiger partial charge < -0.3 is 0 Å². The van der Waals surface area contributed by atoms with E-state index in [1.165, 1.54) is 0 Å². The predicted octanol–water partition coefficient (Wildman–Crippen LogP) is 1.97. The highest BCUT2D eigenvalue weighted by Gasteiger charge is 2.04. The number of carbonyl (C=O) groups is 1. The molecule has 0 aliphatic heterocycles. The molecule has 0 aliphatic carbocycles. The maximum atomic E-state index is 11.4. The molecule has 0 atom stereocenters. The average Bonchev–Trinajstić information content (AvgIpc) is 2.26. The van der Waals surface area contributed by atoms with Crippen molar-refractivity contribution in [1.82, 2.24) is 10.4 Å². The average molecular weight is 219 g/mol. The third kappa shape index (κ3) is 4.21. The largest absolute Gasteiger partial charge is 0.273 e. The summed E-state index contributed by atoms with van der Waals surface area (Å²) < 4.78 is 0. The second-order valence-corrected chi connectivity index (χ2v) is 4.05. The Bertz CT molecular complexity index is 371. The van der Waals surface area contributed by atoms with E-state index >= 15 is 0 Å². The van der Waals surface area contributed by atoms with Crippen LogP contribution in [0.25, 0.3) is 0 Å². The molecule has 1 rings (SSSR count). The minimum Gasteiger partial charge on any atom is -0.273 e. The molecule has 0 saturated carbocycles. The van der Waals surface area contributed by atoms with E-state index in [0.717, 1.165) is 5.69 Å². The topological polar surface area (TPSA) is 54.4 Å². The van der Waals surface area contributed by atoms with Gasteiger partial charge in [0.25, 0.3) is 0 Å².